The van der Waals surface area contributed by atoms with E-state index in [4.69, 9.17) is 10.1 Å². The van der Waals surface area contributed by atoms with E-state index in [-0.39, 0.29) is 5.56 Å². The molecule has 1 aliphatic heterocycles. The molecule has 0 radical (unpaired) electrons. The van der Waals surface area contributed by atoms with Gasteiger partial charge in [0, 0.05) is 20.3 Å². The molecule has 0 unspecified atom stereocenters. The van der Waals surface area contributed by atoms with Gasteiger partial charge < -0.3 is 15.0 Å². The smallest absolute Gasteiger partial charge is 0.277 e. The van der Waals surface area contributed by atoms with E-state index >= 15 is 0 Å². The lowest BCUT2D eigenvalue weighted by atomic mass is 10.2. The minimum Gasteiger partial charge on any atom is -0.473 e. The van der Waals surface area contributed by atoms with Crippen molar-refractivity contribution in [1.82, 2.24) is 9.78 Å². The molecular formula is C9H12N4O2. The molecule has 0 saturated carbocycles. The van der Waals surface area contributed by atoms with Crippen LogP contribution in [0.25, 0.3) is 0 Å². The maximum absolute atomic E-state index is 11.7. The first kappa shape index (κ1) is 9.70. The van der Waals surface area contributed by atoms with Crippen LogP contribution in [0.1, 0.15) is 5.56 Å². The standard InChI is InChI=1S/C9H12N4O2/c1-12-3-4-15-8-7(12)6(5-10)9(14)13(2)11-8/h5,10H,3-4H2,1-2H3. The Labute approximate surface area is 86.6 Å². The largest absolute Gasteiger partial charge is 0.473 e. The highest BCUT2D eigenvalue weighted by Crippen LogP contribution is 2.28. The molecule has 1 aromatic rings. The summed E-state index contributed by atoms with van der Waals surface area (Å²) in [5.74, 6) is 0.421. The van der Waals surface area contributed by atoms with Crippen LogP contribution < -0.4 is 15.2 Å². The van der Waals surface area contributed by atoms with Gasteiger partial charge in [0.05, 0.1) is 12.1 Å². The van der Waals surface area contributed by atoms with Crippen molar-refractivity contribution in [3.63, 3.8) is 0 Å². The SMILES string of the molecule is CN1CCOc2nn(C)c(=O)c(C=N)c21. The summed E-state index contributed by atoms with van der Waals surface area (Å²) >= 11 is 0. The molecule has 80 valence electrons. The van der Waals surface area contributed by atoms with Crippen LogP contribution in [-0.4, -0.2) is 36.2 Å². The number of anilines is 1. The van der Waals surface area contributed by atoms with Crippen LogP contribution in [0.5, 0.6) is 5.88 Å². The second-order valence-electron chi connectivity index (χ2n) is 3.41. The number of ether oxygens (including phenoxy) is 1. The Morgan fingerprint density at radius 1 is 1.53 bits per heavy atom. The number of rotatable bonds is 1. The molecule has 0 spiro atoms. The Hall–Kier alpha value is -1.85. The number of nitrogens with zero attached hydrogens (tertiary/aromatic N) is 3. The maximum atomic E-state index is 11.7. The van der Waals surface area contributed by atoms with Crippen molar-refractivity contribution in [2.75, 3.05) is 25.1 Å². The topological polar surface area (TPSA) is 71.2 Å². The molecule has 0 atom stereocenters. The highest BCUT2D eigenvalue weighted by atomic mass is 16.5. The van der Waals surface area contributed by atoms with Gasteiger partial charge in [0.2, 0.25) is 0 Å². The molecule has 0 amide bonds. The monoisotopic (exact) mass is 208 g/mol. The van der Waals surface area contributed by atoms with Crippen molar-refractivity contribution in [2.24, 2.45) is 7.05 Å². The molecule has 1 N–H and O–H groups in total. The van der Waals surface area contributed by atoms with Crippen LogP contribution in [-0.2, 0) is 7.05 Å². The van der Waals surface area contributed by atoms with Gasteiger partial charge in [-0.05, 0) is 0 Å². The number of fused-ring (bicyclic) bond motifs is 1. The summed E-state index contributed by atoms with van der Waals surface area (Å²) in [5, 5.41) is 11.3. The van der Waals surface area contributed by atoms with Crippen molar-refractivity contribution in [1.29, 1.82) is 5.41 Å². The average molecular weight is 208 g/mol. The molecule has 15 heavy (non-hydrogen) atoms. The molecule has 1 aliphatic rings. The fourth-order valence-electron chi connectivity index (χ4n) is 1.61. The molecule has 1 aromatic heterocycles. The van der Waals surface area contributed by atoms with Crippen LogP contribution in [0.15, 0.2) is 4.79 Å². The van der Waals surface area contributed by atoms with Gasteiger partial charge in [-0.15, -0.1) is 5.10 Å². The fraction of sp³-hybridized carbons (Fsp3) is 0.444. The molecule has 6 heteroatoms. The maximum Gasteiger partial charge on any atom is 0.277 e. The molecule has 0 aromatic carbocycles. The second-order valence-corrected chi connectivity index (χ2v) is 3.41. The lowest BCUT2D eigenvalue weighted by molar-refractivity contribution is 0.289. The van der Waals surface area contributed by atoms with E-state index in [0.29, 0.717) is 30.3 Å². The van der Waals surface area contributed by atoms with Crippen molar-refractivity contribution in [2.45, 2.75) is 0 Å². The number of hydrogen-bond acceptors (Lipinski definition) is 5. The van der Waals surface area contributed by atoms with E-state index in [9.17, 15) is 4.79 Å². The minimum atomic E-state index is -0.277. The van der Waals surface area contributed by atoms with E-state index < -0.39 is 0 Å². The van der Waals surface area contributed by atoms with Crippen LogP contribution in [0.4, 0.5) is 5.69 Å². The Balaban J connectivity index is 2.76. The molecule has 6 nitrogen and oxygen atoms in total. The molecular weight excluding hydrogens is 196 g/mol. The summed E-state index contributed by atoms with van der Waals surface area (Å²) in [4.78, 5) is 13.6. The van der Waals surface area contributed by atoms with Crippen molar-refractivity contribution < 1.29 is 4.74 Å². The molecule has 2 rings (SSSR count). The summed E-state index contributed by atoms with van der Waals surface area (Å²) in [5.41, 5.74) is 0.658. The molecule has 0 fully saturated rings. The molecule has 0 bridgehead atoms. The highest BCUT2D eigenvalue weighted by Gasteiger charge is 2.22. The van der Waals surface area contributed by atoms with E-state index in [1.807, 2.05) is 11.9 Å². The van der Waals surface area contributed by atoms with Gasteiger partial charge in [-0.25, -0.2) is 4.68 Å². The molecule has 0 aliphatic carbocycles. The minimum absolute atomic E-state index is 0.277. The summed E-state index contributed by atoms with van der Waals surface area (Å²) in [6.07, 6.45) is 1.05. The van der Waals surface area contributed by atoms with Crippen LogP contribution in [0.2, 0.25) is 0 Å². The number of aromatic nitrogens is 2. The van der Waals surface area contributed by atoms with Gasteiger partial charge in [0.15, 0.2) is 0 Å². The summed E-state index contributed by atoms with van der Waals surface area (Å²) in [6, 6.07) is 0. The van der Waals surface area contributed by atoms with Crippen molar-refractivity contribution in [3.05, 3.63) is 15.9 Å². The van der Waals surface area contributed by atoms with Gasteiger partial charge >= 0.3 is 0 Å². The molecule has 2 heterocycles. The Morgan fingerprint density at radius 3 is 2.93 bits per heavy atom. The third kappa shape index (κ3) is 1.38. The quantitative estimate of drug-likeness (QED) is 0.638. The Morgan fingerprint density at radius 2 is 2.27 bits per heavy atom. The summed E-state index contributed by atoms with van der Waals surface area (Å²) < 4.78 is 6.55. The number of aryl methyl sites for hydroxylation is 1. The Kier molecular flexibility index (Phi) is 2.18. The van der Waals surface area contributed by atoms with Crippen molar-refractivity contribution in [3.8, 4) is 5.88 Å². The van der Waals surface area contributed by atoms with Crippen LogP contribution >= 0.6 is 0 Å². The Bertz CT molecular complexity index is 466. The van der Waals surface area contributed by atoms with Crippen molar-refractivity contribution >= 4 is 11.9 Å². The summed E-state index contributed by atoms with van der Waals surface area (Å²) in [7, 11) is 3.41. The molecule has 0 saturated heterocycles. The van der Waals surface area contributed by atoms with Gasteiger partial charge in [-0.1, -0.05) is 0 Å². The van der Waals surface area contributed by atoms with Gasteiger partial charge in [0.25, 0.3) is 11.4 Å². The van der Waals surface area contributed by atoms with Gasteiger partial charge in [0.1, 0.15) is 12.3 Å². The first-order chi connectivity index (χ1) is 7.15. The van der Waals surface area contributed by atoms with E-state index in [1.54, 1.807) is 7.05 Å². The zero-order chi connectivity index (χ0) is 11.0. The zero-order valence-corrected chi connectivity index (χ0v) is 8.65. The normalized spacial score (nSPS) is 14.4. The second kappa shape index (κ2) is 3.38. The first-order valence-electron chi connectivity index (χ1n) is 4.61. The first-order valence-corrected chi connectivity index (χ1v) is 4.61. The lowest BCUT2D eigenvalue weighted by Gasteiger charge is -2.27. The number of hydrogen-bond donors (Lipinski definition) is 1. The predicted molar refractivity (Wildman–Crippen MR) is 56.1 cm³/mol. The fourth-order valence-corrected chi connectivity index (χ4v) is 1.61. The average Bonchev–Trinajstić information content (AvgIpc) is 2.21. The van der Waals surface area contributed by atoms with E-state index in [1.165, 1.54) is 4.68 Å². The zero-order valence-electron chi connectivity index (χ0n) is 8.65. The highest BCUT2D eigenvalue weighted by molar-refractivity contribution is 5.87. The third-order valence-electron chi connectivity index (χ3n) is 2.41. The lowest BCUT2D eigenvalue weighted by Crippen LogP contribution is -2.35. The van der Waals surface area contributed by atoms with E-state index in [0.717, 1.165) is 6.21 Å². The number of likely N-dealkylation sites (N-methyl/N-ethyl adjacent to an activating group) is 1. The van der Waals surface area contributed by atoms with Crippen LogP contribution in [0.3, 0.4) is 0 Å². The number of nitrogens with one attached hydrogen (secondary N) is 1. The third-order valence-corrected chi connectivity index (χ3v) is 2.41. The van der Waals surface area contributed by atoms with Gasteiger partial charge in [-0.2, -0.15) is 0 Å². The summed E-state index contributed by atoms with van der Waals surface area (Å²) in [6.45, 7) is 1.24. The van der Waals surface area contributed by atoms with E-state index in [2.05, 4.69) is 5.10 Å². The van der Waals surface area contributed by atoms with Gasteiger partial charge in [-0.3, -0.25) is 4.79 Å². The van der Waals surface area contributed by atoms with Crippen LogP contribution in [0, 0.1) is 5.41 Å². The predicted octanol–water partition coefficient (Wildman–Crippen LogP) is -0.393.